The van der Waals surface area contributed by atoms with E-state index in [2.05, 4.69) is 0 Å². The molecule has 8 heteroatoms. The lowest BCUT2D eigenvalue weighted by Crippen LogP contribution is -2.39. The van der Waals surface area contributed by atoms with Crippen LogP contribution in [-0.4, -0.2) is 41.5 Å². The molecule has 6 nitrogen and oxygen atoms in total. The van der Waals surface area contributed by atoms with Gasteiger partial charge in [0.2, 0.25) is 0 Å². The number of amides is 1. The molecule has 0 aliphatic carbocycles. The molecule has 172 valence electrons. The molecule has 0 bridgehead atoms. The smallest absolute Gasteiger partial charge is 0.335 e. The molecule has 0 fully saturated rings. The van der Waals surface area contributed by atoms with Crippen molar-refractivity contribution < 1.29 is 33.0 Å². The lowest BCUT2D eigenvalue weighted by molar-refractivity contribution is -0.0127. The van der Waals surface area contributed by atoms with Gasteiger partial charge in [0.15, 0.2) is 11.5 Å². The van der Waals surface area contributed by atoms with Gasteiger partial charge in [-0.25, -0.2) is 13.6 Å². The standard InChI is InChI=1S/C25H23F2NO5/c1-25(26,27)16-28(15-17-7-9-19(10-8-17)24(30)31)23(29)18-11-13-20(14-12-18)33-22-6-4-3-5-21(22)32-2/h3-14H,15-16H2,1-2H3,(H,30,31). The van der Waals surface area contributed by atoms with Gasteiger partial charge in [0.05, 0.1) is 19.2 Å². The largest absolute Gasteiger partial charge is 0.493 e. The van der Waals surface area contributed by atoms with Gasteiger partial charge in [-0.1, -0.05) is 24.3 Å². The van der Waals surface area contributed by atoms with Crippen molar-refractivity contribution in [3.63, 3.8) is 0 Å². The third kappa shape index (κ3) is 6.52. The van der Waals surface area contributed by atoms with Gasteiger partial charge in [0, 0.05) is 19.0 Å². The molecular formula is C25H23F2NO5. The summed E-state index contributed by atoms with van der Waals surface area (Å²) in [6, 6.07) is 19.0. The van der Waals surface area contributed by atoms with E-state index in [1.807, 2.05) is 0 Å². The molecule has 0 spiro atoms. The van der Waals surface area contributed by atoms with Gasteiger partial charge in [-0.3, -0.25) is 4.79 Å². The van der Waals surface area contributed by atoms with Crippen molar-refractivity contribution >= 4 is 11.9 Å². The van der Waals surface area contributed by atoms with Gasteiger partial charge in [-0.2, -0.15) is 0 Å². The fourth-order valence-electron chi connectivity index (χ4n) is 3.19. The summed E-state index contributed by atoms with van der Waals surface area (Å²) in [4.78, 5) is 25.1. The Balaban J connectivity index is 1.78. The fourth-order valence-corrected chi connectivity index (χ4v) is 3.19. The van der Waals surface area contributed by atoms with E-state index < -0.39 is 24.3 Å². The number of para-hydroxylation sites is 2. The SMILES string of the molecule is COc1ccccc1Oc1ccc(C(=O)N(Cc2ccc(C(=O)O)cc2)CC(C)(F)F)cc1. The molecule has 1 amide bonds. The van der Waals surface area contributed by atoms with E-state index in [4.69, 9.17) is 14.6 Å². The van der Waals surface area contributed by atoms with Crippen LogP contribution in [0.5, 0.6) is 17.2 Å². The molecule has 0 radical (unpaired) electrons. The Labute approximate surface area is 190 Å². The highest BCUT2D eigenvalue weighted by Gasteiger charge is 2.29. The Kier molecular flexibility index (Phi) is 7.27. The van der Waals surface area contributed by atoms with Crippen molar-refractivity contribution in [3.8, 4) is 17.2 Å². The average Bonchev–Trinajstić information content (AvgIpc) is 2.78. The zero-order valence-electron chi connectivity index (χ0n) is 18.1. The van der Waals surface area contributed by atoms with Gasteiger partial charge >= 0.3 is 5.97 Å². The van der Waals surface area contributed by atoms with Crippen LogP contribution < -0.4 is 9.47 Å². The number of ether oxygens (including phenoxy) is 2. The number of hydrogen-bond donors (Lipinski definition) is 1. The van der Waals surface area contributed by atoms with Crippen molar-refractivity contribution in [1.82, 2.24) is 4.90 Å². The second-order valence-electron chi connectivity index (χ2n) is 7.51. The lowest BCUT2D eigenvalue weighted by atomic mass is 10.1. The minimum atomic E-state index is -3.11. The first-order valence-electron chi connectivity index (χ1n) is 10.1. The van der Waals surface area contributed by atoms with E-state index in [0.717, 1.165) is 11.8 Å². The summed E-state index contributed by atoms with van der Waals surface area (Å²) in [6.07, 6.45) is 0. The molecule has 0 aliphatic rings. The Morgan fingerprint density at radius 3 is 2.03 bits per heavy atom. The van der Waals surface area contributed by atoms with Crippen molar-refractivity contribution in [2.24, 2.45) is 0 Å². The summed E-state index contributed by atoms with van der Waals surface area (Å²) in [5.74, 6) is -3.29. The number of carbonyl (C=O) groups excluding carboxylic acids is 1. The maximum atomic E-state index is 13.8. The molecule has 0 heterocycles. The van der Waals surface area contributed by atoms with Crippen LogP contribution in [0, 0.1) is 0 Å². The normalized spacial score (nSPS) is 11.0. The van der Waals surface area contributed by atoms with Gasteiger partial charge < -0.3 is 19.5 Å². The predicted octanol–water partition coefficient (Wildman–Crippen LogP) is 5.48. The van der Waals surface area contributed by atoms with Gasteiger partial charge in [0.1, 0.15) is 5.75 Å². The highest BCUT2D eigenvalue weighted by Crippen LogP contribution is 2.31. The summed E-state index contributed by atoms with van der Waals surface area (Å²) in [5.41, 5.74) is 0.825. The van der Waals surface area contributed by atoms with Crippen LogP contribution in [0.4, 0.5) is 8.78 Å². The molecule has 0 atom stereocenters. The van der Waals surface area contributed by atoms with Crippen LogP contribution in [0.15, 0.2) is 72.8 Å². The van der Waals surface area contributed by atoms with Crippen molar-refractivity contribution in [2.75, 3.05) is 13.7 Å². The maximum Gasteiger partial charge on any atom is 0.335 e. The summed E-state index contributed by atoms with van der Waals surface area (Å²) in [6.45, 7) is -0.140. The first kappa shape index (κ1) is 23.7. The number of carbonyl (C=O) groups is 2. The number of rotatable bonds is 9. The molecule has 3 rings (SSSR count). The summed E-state index contributed by atoms with van der Waals surface area (Å²) in [7, 11) is 1.53. The molecule has 1 N–H and O–H groups in total. The Morgan fingerprint density at radius 2 is 1.48 bits per heavy atom. The van der Waals surface area contributed by atoms with Crippen LogP contribution in [0.1, 0.15) is 33.2 Å². The van der Waals surface area contributed by atoms with Crippen LogP contribution in [0.3, 0.4) is 0 Å². The number of benzene rings is 3. The average molecular weight is 455 g/mol. The first-order valence-corrected chi connectivity index (χ1v) is 10.1. The van der Waals surface area contributed by atoms with Crippen LogP contribution >= 0.6 is 0 Å². The van der Waals surface area contributed by atoms with Gasteiger partial charge in [-0.05, 0) is 54.1 Å². The lowest BCUT2D eigenvalue weighted by Gasteiger charge is -2.26. The molecule has 0 aliphatic heterocycles. The molecule has 3 aromatic carbocycles. The molecule has 0 saturated heterocycles. The molecular weight excluding hydrogens is 432 g/mol. The monoisotopic (exact) mass is 455 g/mol. The number of carboxylic acids is 1. The number of carboxylic acid groups (broad SMARTS) is 1. The second-order valence-corrected chi connectivity index (χ2v) is 7.51. The fraction of sp³-hybridized carbons (Fsp3) is 0.200. The number of alkyl halides is 2. The molecule has 0 saturated carbocycles. The molecule has 0 aromatic heterocycles. The van der Waals surface area contributed by atoms with E-state index in [-0.39, 0.29) is 17.7 Å². The highest BCUT2D eigenvalue weighted by atomic mass is 19.3. The second kappa shape index (κ2) is 10.1. The van der Waals surface area contributed by atoms with E-state index in [1.54, 1.807) is 36.4 Å². The van der Waals surface area contributed by atoms with Crippen molar-refractivity contribution in [1.29, 1.82) is 0 Å². The Bertz CT molecular complexity index is 1110. The maximum absolute atomic E-state index is 13.8. The Morgan fingerprint density at radius 1 is 0.909 bits per heavy atom. The van der Waals surface area contributed by atoms with E-state index in [1.165, 1.54) is 43.5 Å². The van der Waals surface area contributed by atoms with Crippen LogP contribution in [-0.2, 0) is 6.54 Å². The van der Waals surface area contributed by atoms with Crippen molar-refractivity contribution in [2.45, 2.75) is 19.4 Å². The minimum Gasteiger partial charge on any atom is -0.493 e. The Hall–Kier alpha value is -3.94. The summed E-state index contributed by atoms with van der Waals surface area (Å²) in [5, 5.41) is 9.01. The minimum absolute atomic E-state index is 0.0723. The summed E-state index contributed by atoms with van der Waals surface area (Å²) >= 11 is 0. The zero-order chi connectivity index (χ0) is 24.0. The van der Waals surface area contributed by atoms with Gasteiger partial charge in [-0.15, -0.1) is 0 Å². The topological polar surface area (TPSA) is 76.1 Å². The number of halogens is 2. The summed E-state index contributed by atoms with van der Waals surface area (Å²) < 4.78 is 38.6. The number of nitrogens with zero attached hydrogens (tertiary/aromatic N) is 1. The number of methoxy groups -OCH3 is 1. The quantitative estimate of drug-likeness (QED) is 0.462. The zero-order valence-corrected chi connectivity index (χ0v) is 18.1. The van der Waals surface area contributed by atoms with E-state index in [0.29, 0.717) is 22.8 Å². The number of aromatic carboxylic acids is 1. The van der Waals surface area contributed by atoms with Crippen LogP contribution in [0.2, 0.25) is 0 Å². The third-order valence-corrected chi connectivity index (χ3v) is 4.73. The van der Waals surface area contributed by atoms with E-state index >= 15 is 0 Å². The number of hydrogen-bond acceptors (Lipinski definition) is 4. The molecule has 33 heavy (non-hydrogen) atoms. The molecule has 3 aromatic rings. The predicted molar refractivity (Wildman–Crippen MR) is 118 cm³/mol. The van der Waals surface area contributed by atoms with Gasteiger partial charge in [0.25, 0.3) is 11.8 Å². The van der Waals surface area contributed by atoms with Crippen molar-refractivity contribution in [3.05, 3.63) is 89.5 Å². The third-order valence-electron chi connectivity index (χ3n) is 4.73. The first-order chi connectivity index (χ1) is 15.7. The van der Waals surface area contributed by atoms with Crippen LogP contribution in [0.25, 0.3) is 0 Å². The molecule has 0 unspecified atom stereocenters. The highest BCUT2D eigenvalue weighted by molar-refractivity contribution is 5.94. The van der Waals surface area contributed by atoms with E-state index in [9.17, 15) is 18.4 Å².